The van der Waals surface area contributed by atoms with E-state index in [2.05, 4.69) is 10.3 Å². The third-order valence-corrected chi connectivity index (χ3v) is 2.66. The van der Waals surface area contributed by atoms with Gasteiger partial charge in [-0.1, -0.05) is 0 Å². The summed E-state index contributed by atoms with van der Waals surface area (Å²) in [5.41, 5.74) is 6.46. The average Bonchev–Trinajstić information content (AvgIpc) is 2.56. The number of anilines is 2. The van der Waals surface area contributed by atoms with Gasteiger partial charge >= 0.3 is 0 Å². The van der Waals surface area contributed by atoms with Crippen LogP contribution in [0.4, 0.5) is 15.9 Å². The molecule has 1 amide bonds. The van der Waals surface area contributed by atoms with Crippen LogP contribution in [0.25, 0.3) is 0 Å². The molecule has 18 heavy (non-hydrogen) atoms. The summed E-state index contributed by atoms with van der Waals surface area (Å²) in [6, 6.07) is 5.50. The van der Waals surface area contributed by atoms with E-state index < -0.39 is 0 Å². The van der Waals surface area contributed by atoms with Crippen LogP contribution >= 0.6 is 0 Å². The van der Waals surface area contributed by atoms with Gasteiger partial charge in [0.15, 0.2) is 11.5 Å². The fraction of sp³-hybridized carbons (Fsp3) is 0.167. The number of hydrogen-bond donors (Lipinski definition) is 2. The van der Waals surface area contributed by atoms with Crippen LogP contribution in [0.3, 0.4) is 0 Å². The van der Waals surface area contributed by atoms with Gasteiger partial charge in [-0.05, 0) is 31.2 Å². The van der Waals surface area contributed by atoms with Gasteiger partial charge in [0.1, 0.15) is 11.6 Å². The van der Waals surface area contributed by atoms with Crippen LogP contribution in [0.1, 0.15) is 16.3 Å². The zero-order valence-corrected chi connectivity index (χ0v) is 10.1. The van der Waals surface area contributed by atoms with E-state index in [-0.39, 0.29) is 23.2 Å². The van der Waals surface area contributed by atoms with Crippen molar-refractivity contribution in [1.82, 2.24) is 9.55 Å². The van der Waals surface area contributed by atoms with Crippen LogP contribution in [-0.4, -0.2) is 15.5 Å². The molecular weight excluding hydrogens is 235 g/mol. The number of benzene rings is 1. The van der Waals surface area contributed by atoms with E-state index in [0.717, 1.165) is 0 Å². The Bertz CT molecular complexity index is 589. The number of aromatic nitrogens is 2. The van der Waals surface area contributed by atoms with E-state index >= 15 is 0 Å². The molecule has 3 N–H and O–H groups in total. The van der Waals surface area contributed by atoms with E-state index in [1.807, 2.05) is 0 Å². The molecule has 2 aromatic rings. The molecule has 0 aliphatic rings. The summed E-state index contributed by atoms with van der Waals surface area (Å²) in [5, 5.41) is 2.63. The monoisotopic (exact) mass is 248 g/mol. The number of aryl methyl sites for hydroxylation is 1. The highest BCUT2D eigenvalue weighted by Gasteiger charge is 2.17. The lowest BCUT2D eigenvalue weighted by Gasteiger charge is -2.06. The summed E-state index contributed by atoms with van der Waals surface area (Å²) in [5.74, 6) is 0.0949. The Hall–Kier alpha value is -2.37. The molecule has 0 radical (unpaired) electrons. The average molecular weight is 248 g/mol. The molecule has 0 aliphatic heterocycles. The number of nitrogens with one attached hydrogen (secondary N) is 1. The third kappa shape index (κ3) is 2.17. The number of nitrogens with zero attached hydrogens (tertiary/aromatic N) is 2. The molecule has 0 aliphatic carbocycles. The Morgan fingerprint density at radius 3 is 2.50 bits per heavy atom. The molecular formula is C12H13FN4O. The van der Waals surface area contributed by atoms with Crippen molar-refractivity contribution >= 4 is 17.4 Å². The van der Waals surface area contributed by atoms with Crippen molar-refractivity contribution in [2.75, 3.05) is 11.1 Å². The number of nitrogens with two attached hydrogens (primary N) is 1. The van der Waals surface area contributed by atoms with E-state index in [1.165, 1.54) is 24.3 Å². The van der Waals surface area contributed by atoms with E-state index in [9.17, 15) is 9.18 Å². The number of carbonyl (C=O) groups is 1. The molecule has 6 heteroatoms. The van der Waals surface area contributed by atoms with Crippen LogP contribution in [0, 0.1) is 12.7 Å². The molecule has 0 atom stereocenters. The van der Waals surface area contributed by atoms with Gasteiger partial charge in [0.25, 0.3) is 5.91 Å². The van der Waals surface area contributed by atoms with Crippen molar-refractivity contribution in [2.24, 2.45) is 7.05 Å². The molecule has 0 saturated carbocycles. The van der Waals surface area contributed by atoms with Gasteiger partial charge in [0.2, 0.25) is 0 Å². The molecule has 0 bridgehead atoms. The Morgan fingerprint density at radius 1 is 1.39 bits per heavy atom. The minimum atomic E-state index is -0.373. The van der Waals surface area contributed by atoms with Gasteiger partial charge in [0, 0.05) is 12.7 Å². The summed E-state index contributed by atoms with van der Waals surface area (Å²) in [7, 11) is 1.71. The maximum atomic E-state index is 12.7. The normalized spacial score (nSPS) is 10.4. The molecule has 5 nitrogen and oxygen atoms in total. The number of rotatable bonds is 2. The fourth-order valence-electron chi connectivity index (χ4n) is 1.63. The number of hydrogen-bond acceptors (Lipinski definition) is 3. The second-order valence-corrected chi connectivity index (χ2v) is 3.91. The van der Waals surface area contributed by atoms with Gasteiger partial charge < -0.3 is 15.6 Å². The van der Waals surface area contributed by atoms with Crippen LogP contribution in [0.15, 0.2) is 24.3 Å². The van der Waals surface area contributed by atoms with Gasteiger partial charge in [-0.2, -0.15) is 0 Å². The molecule has 0 unspecified atom stereocenters. The standard InChI is InChI=1S/C12H13FN4O/c1-7-15-11(14)10(17(7)2)12(18)16-9-5-3-8(13)4-6-9/h3-6H,14H2,1-2H3,(H,16,18). The topological polar surface area (TPSA) is 72.9 Å². The van der Waals surface area contributed by atoms with Crippen molar-refractivity contribution in [3.8, 4) is 0 Å². The number of nitrogen functional groups attached to an aromatic ring is 1. The van der Waals surface area contributed by atoms with Gasteiger partial charge in [-0.3, -0.25) is 4.79 Å². The molecule has 94 valence electrons. The lowest BCUT2D eigenvalue weighted by molar-refractivity contribution is 0.102. The Kier molecular flexibility index (Phi) is 3.01. The smallest absolute Gasteiger partial charge is 0.276 e. The van der Waals surface area contributed by atoms with Crippen molar-refractivity contribution < 1.29 is 9.18 Å². The van der Waals surface area contributed by atoms with Crippen molar-refractivity contribution in [2.45, 2.75) is 6.92 Å². The summed E-state index contributed by atoms with van der Waals surface area (Å²) in [6.45, 7) is 1.75. The van der Waals surface area contributed by atoms with Gasteiger partial charge in [0.05, 0.1) is 0 Å². The van der Waals surface area contributed by atoms with Crippen molar-refractivity contribution in [1.29, 1.82) is 0 Å². The number of imidazole rings is 1. The SMILES string of the molecule is Cc1nc(N)c(C(=O)Nc2ccc(F)cc2)n1C. The lowest BCUT2D eigenvalue weighted by Crippen LogP contribution is -2.17. The van der Waals surface area contributed by atoms with Gasteiger partial charge in [-0.15, -0.1) is 0 Å². The van der Waals surface area contributed by atoms with Crippen LogP contribution in [0.5, 0.6) is 0 Å². The second kappa shape index (κ2) is 4.48. The first-order valence-electron chi connectivity index (χ1n) is 5.34. The second-order valence-electron chi connectivity index (χ2n) is 3.91. The third-order valence-electron chi connectivity index (χ3n) is 2.66. The maximum absolute atomic E-state index is 12.7. The molecule has 0 fully saturated rings. The molecule has 0 saturated heterocycles. The molecule has 2 rings (SSSR count). The highest BCUT2D eigenvalue weighted by Crippen LogP contribution is 2.15. The summed E-state index contributed by atoms with van der Waals surface area (Å²) >= 11 is 0. The zero-order valence-electron chi connectivity index (χ0n) is 10.1. The minimum absolute atomic E-state index is 0.176. The minimum Gasteiger partial charge on any atom is -0.382 e. The van der Waals surface area contributed by atoms with Crippen molar-refractivity contribution in [3.05, 3.63) is 41.6 Å². The van der Waals surface area contributed by atoms with Crippen molar-refractivity contribution in [3.63, 3.8) is 0 Å². The predicted molar refractivity (Wildman–Crippen MR) is 66.7 cm³/mol. The summed E-state index contributed by atoms with van der Waals surface area (Å²) in [4.78, 5) is 16.0. The van der Waals surface area contributed by atoms with Gasteiger partial charge in [-0.25, -0.2) is 9.37 Å². The number of halogens is 1. The highest BCUT2D eigenvalue weighted by atomic mass is 19.1. The van der Waals surface area contributed by atoms with Crippen LogP contribution in [-0.2, 0) is 7.05 Å². The largest absolute Gasteiger partial charge is 0.382 e. The molecule has 1 heterocycles. The summed E-state index contributed by atoms with van der Waals surface area (Å²) in [6.07, 6.45) is 0. The number of carbonyl (C=O) groups excluding carboxylic acids is 1. The lowest BCUT2D eigenvalue weighted by atomic mass is 10.3. The number of amides is 1. The highest BCUT2D eigenvalue weighted by molar-refractivity contribution is 6.06. The van der Waals surface area contributed by atoms with Crippen LogP contribution < -0.4 is 11.1 Å². The predicted octanol–water partition coefficient (Wildman–Crippen LogP) is 1.70. The molecule has 1 aromatic carbocycles. The quantitative estimate of drug-likeness (QED) is 0.849. The first kappa shape index (κ1) is 12.1. The molecule has 0 spiro atoms. The van der Waals surface area contributed by atoms with E-state index in [0.29, 0.717) is 11.5 Å². The zero-order chi connectivity index (χ0) is 13.3. The van der Waals surface area contributed by atoms with E-state index in [4.69, 9.17) is 5.73 Å². The Labute approximate surface area is 103 Å². The maximum Gasteiger partial charge on any atom is 0.276 e. The summed E-state index contributed by atoms with van der Waals surface area (Å²) < 4.78 is 14.3. The first-order chi connectivity index (χ1) is 8.49. The van der Waals surface area contributed by atoms with E-state index in [1.54, 1.807) is 18.5 Å². The Balaban J connectivity index is 2.24. The first-order valence-corrected chi connectivity index (χ1v) is 5.34. The Morgan fingerprint density at radius 2 is 2.00 bits per heavy atom. The van der Waals surface area contributed by atoms with Crippen LogP contribution in [0.2, 0.25) is 0 Å². The molecule has 1 aromatic heterocycles. The fourth-order valence-corrected chi connectivity index (χ4v) is 1.63.